The summed E-state index contributed by atoms with van der Waals surface area (Å²) in [6, 6.07) is 8.01. The molecule has 1 aliphatic heterocycles. The summed E-state index contributed by atoms with van der Waals surface area (Å²) in [5.74, 6) is -1.79. The zero-order chi connectivity index (χ0) is 20.2. The Bertz CT molecular complexity index is 795. The van der Waals surface area contributed by atoms with Crippen molar-refractivity contribution in [2.75, 3.05) is 13.1 Å². The summed E-state index contributed by atoms with van der Waals surface area (Å²) in [7, 11) is 0. The number of aliphatic carboxylic acids is 1. The molecule has 1 saturated heterocycles. The number of nitrogens with one attached hydrogen (secondary N) is 1. The largest absolute Gasteiger partial charge is 0.480 e. The third-order valence-corrected chi connectivity index (χ3v) is 5.33. The van der Waals surface area contributed by atoms with Crippen LogP contribution in [-0.2, 0) is 19.8 Å². The SMILES string of the molecule is CC(C)(C)c1ccc(/C=C2\SC(=S)N(CCC(=O)NCC(=O)O)C2=O)cc1. The minimum Gasteiger partial charge on any atom is -0.480 e. The van der Waals surface area contributed by atoms with Crippen LogP contribution in [-0.4, -0.2) is 45.2 Å². The van der Waals surface area contributed by atoms with Crippen molar-refractivity contribution in [3.8, 4) is 0 Å². The molecule has 144 valence electrons. The molecule has 0 bridgehead atoms. The molecule has 0 atom stereocenters. The number of carboxylic acid groups (broad SMARTS) is 1. The van der Waals surface area contributed by atoms with Gasteiger partial charge in [0.15, 0.2) is 0 Å². The van der Waals surface area contributed by atoms with Crippen molar-refractivity contribution in [2.24, 2.45) is 0 Å². The van der Waals surface area contributed by atoms with Gasteiger partial charge >= 0.3 is 5.97 Å². The Kier molecular flexibility index (Phi) is 6.78. The number of carboxylic acids is 1. The third-order valence-electron chi connectivity index (χ3n) is 3.95. The summed E-state index contributed by atoms with van der Waals surface area (Å²) in [6.45, 7) is 6.09. The lowest BCUT2D eigenvalue weighted by Gasteiger charge is -2.18. The maximum atomic E-state index is 12.5. The number of benzene rings is 1. The van der Waals surface area contributed by atoms with Crippen LogP contribution in [0.25, 0.3) is 6.08 Å². The molecule has 1 aromatic carbocycles. The van der Waals surface area contributed by atoms with Gasteiger partial charge in [0.1, 0.15) is 10.9 Å². The fraction of sp³-hybridized carbons (Fsp3) is 0.368. The maximum absolute atomic E-state index is 12.5. The average Bonchev–Trinajstić information content (AvgIpc) is 2.84. The fourth-order valence-electron chi connectivity index (χ4n) is 2.40. The van der Waals surface area contributed by atoms with Crippen LogP contribution in [0.2, 0.25) is 0 Å². The standard InChI is InChI=1S/C19H22N2O4S2/c1-19(2,3)13-6-4-12(5-7-13)10-14-17(25)21(18(26)27-14)9-8-15(22)20-11-16(23)24/h4-7,10H,8-9,11H2,1-3H3,(H,20,22)(H,23,24)/b14-10-. The van der Waals surface area contributed by atoms with E-state index in [9.17, 15) is 14.4 Å². The lowest BCUT2D eigenvalue weighted by Crippen LogP contribution is -2.35. The fourth-order valence-corrected chi connectivity index (χ4v) is 3.71. The van der Waals surface area contributed by atoms with Gasteiger partial charge in [-0.3, -0.25) is 19.3 Å². The highest BCUT2D eigenvalue weighted by Crippen LogP contribution is 2.33. The van der Waals surface area contributed by atoms with E-state index in [-0.39, 0.29) is 24.3 Å². The van der Waals surface area contributed by atoms with E-state index >= 15 is 0 Å². The molecule has 27 heavy (non-hydrogen) atoms. The van der Waals surface area contributed by atoms with Gasteiger partial charge in [-0.1, -0.05) is 69.0 Å². The first-order valence-corrected chi connectivity index (χ1v) is 9.65. The van der Waals surface area contributed by atoms with E-state index in [1.165, 1.54) is 22.2 Å². The van der Waals surface area contributed by atoms with E-state index in [0.717, 1.165) is 5.56 Å². The molecule has 0 aliphatic carbocycles. The monoisotopic (exact) mass is 406 g/mol. The smallest absolute Gasteiger partial charge is 0.322 e. The number of thioether (sulfide) groups is 1. The first-order valence-electron chi connectivity index (χ1n) is 8.42. The Balaban J connectivity index is 2.01. The third kappa shape index (κ3) is 5.90. The molecular formula is C19H22N2O4S2. The van der Waals surface area contributed by atoms with Gasteiger partial charge < -0.3 is 10.4 Å². The minimum atomic E-state index is -1.12. The molecule has 2 amide bonds. The van der Waals surface area contributed by atoms with Gasteiger partial charge in [-0.05, 0) is 22.6 Å². The maximum Gasteiger partial charge on any atom is 0.322 e. The molecule has 6 nitrogen and oxygen atoms in total. The van der Waals surface area contributed by atoms with Gasteiger partial charge in [-0.15, -0.1) is 0 Å². The molecule has 0 spiro atoms. The normalized spacial score (nSPS) is 16.1. The summed E-state index contributed by atoms with van der Waals surface area (Å²) in [4.78, 5) is 36.5. The number of hydrogen-bond donors (Lipinski definition) is 2. The highest BCUT2D eigenvalue weighted by molar-refractivity contribution is 8.26. The van der Waals surface area contributed by atoms with E-state index < -0.39 is 18.4 Å². The Morgan fingerprint density at radius 1 is 1.26 bits per heavy atom. The summed E-state index contributed by atoms with van der Waals surface area (Å²) in [5, 5.41) is 10.8. The van der Waals surface area contributed by atoms with Crippen LogP contribution < -0.4 is 5.32 Å². The molecule has 8 heteroatoms. The highest BCUT2D eigenvalue weighted by Gasteiger charge is 2.32. The number of amides is 2. The van der Waals surface area contributed by atoms with Crippen molar-refractivity contribution in [2.45, 2.75) is 32.6 Å². The van der Waals surface area contributed by atoms with Crippen molar-refractivity contribution in [1.29, 1.82) is 0 Å². The minimum absolute atomic E-state index is 0.00667. The van der Waals surface area contributed by atoms with E-state index in [0.29, 0.717) is 9.23 Å². The van der Waals surface area contributed by atoms with E-state index in [1.807, 2.05) is 24.3 Å². The van der Waals surface area contributed by atoms with Gasteiger partial charge in [0.25, 0.3) is 5.91 Å². The predicted molar refractivity (Wildman–Crippen MR) is 110 cm³/mol. The average molecular weight is 407 g/mol. The Hall–Kier alpha value is -2.19. The lowest BCUT2D eigenvalue weighted by molar-refractivity contribution is -0.138. The van der Waals surface area contributed by atoms with Crippen LogP contribution >= 0.6 is 24.0 Å². The number of carbonyl (C=O) groups is 3. The van der Waals surface area contributed by atoms with Crippen LogP contribution in [0.4, 0.5) is 0 Å². The van der Waals surface area contributed by atoms with Gasteiger partial charge in [0.2, 0.25) is 5.91 Å². The second kappa shape index (κ2) is 8.67. The second-order valence-corrected chi connectivity index (χ2v) is 8.80. The summed E-state index contributed by atoms with van der Waals surface area (Å²) in [6.07, 6.45) is 1.78. The summed E-state index contributed by atoms with van der Waals surface area (Å²) in [5.41, 5.74) is 2.17. The molecule has 0 unspecified atom stereocenters. The Morgan fingerprint density at radius 3 is 2.44 bits per heavy atom. The Morgan fingerprint density at radius 2 is 1.89 bits per heavy atom. The van der Waals surface area contributed by atoms with Crippen LogP contribution in [0.5, 0.6) is 0 Å². The number of hydrogen-bond acceptors (Lipinski definition) is 5. The molecule has 0 saturated carbocycles. The van der Waals surface area contributed by atoms with Gasteiger partial charge in [-0.25, -0.2) is 0 Å². The molecule has 2 N–H and O–H groups in total. The number of carbonyl (C=O) groups excluding carboxylic acids is 2. The number of rotatable bonds is 6. The van der Waals surface area contributed by atoms with Gasteiger partial charge in [-0.2, -0.15) is 0 Å². The predicted octanol–water partition coefficient (Wildman–Crippen LogP) is 2.78. The van der Waals surface area contributed by atoms with E-state index in [2.05, 4.69) is 26.1 Å². The van der Waals surface area contributed by atoms with E-state index in [1.54, 1.807) is 6.08 Å². The molecule has 1 fully saturated rings. The van der Waals surface area contributed by atoms with Crippen molar-refractivity contribution >= 4 is 52.2 Å². The summed E-state index contributed by atoms with van der Waals surface area (Å²) >= 11 is 6.44. The molecule has 1 aliphatic rings. The first-order chi connectivity index (χ1) is 12.6. The molecule has 0 radical (unpaired) electrons. The van der Waals surface area contributed by atoms with Crippen molar-refractivity contribution < 1.29 is 19.5 Å². The van der Waals surface area contributed by atoms with Gasteiger partial charge in [0, 0.05) is 13.0 Å². The topological polar surface area (TPSA) is 86.7 Å². The molecule has 1 heterocycles. The van der Waals surface area contributed by atoms with Crippen LogP contribution in [0, 0.1) is 0 Å². The van der Waals surface area contributed by atoms with Crippen LogP contribution in [0.15, 0.2) is 29.2 Å². The van der Waals surface area contributed by atoms with Gasteiger partial charge in [0.05, 0.1) is 4.91 Å². The second-order valence-electron chi connectivity index (χ2n) is 7.13. The van der Waals surface area contributed by atoms with Crippen molar-refractivity contribution in [3.63, 3.8) is 0 Å². The van der Waals surface area contributed by atoms with Crippen LogP contribution in [0.3, 0.4) is 0 Å². The molecule has 1 aromatic rings. The highest BCUT2D eigenvalue weighted by atomic mass is 32.2. The van der Waals surface area contributed by atoms with E-state index in [4.69, 9.17) is 17.3 Å². The van der Waals surface area contributed by atoms with Crippen LogP contribution in [0.1, 0.15) is 38.3 Å². The quantitative estimate of drug-likeness (QED) is 0.558. The molecule has 0 aromatic heterocycles. The first kappa shape index (κ1) is 21.1. The molecule has 2 rings (SSSR count). The lowest BCUT2D eigenvalue weighted by atomic mass is 9.87. The Labute approximate surface area is 168 Å². The summed E-state index contributed by atoms with van der Waals surface area (Å²) < 4.78 is 0.392. The number of nitrogens with zero attached hydrogens (tertiary/aromatic N) is 1. The van der Waals surface area contributed by atoms with Crippen molar-refractivity contribution in [1.82, 2.24) is 10.2 Å². The zero-order valence-electron chi connectivity index (χ0n) is 15.4. The van der Waals surface area contributed by atoms with Crippen molar-refractivity contribution in [3.05, 3.63) is 40.3 Å². The zero-order valence-corrected chi connectivity index (χ0v) is 17.1. The molecular weight excluding hydrogens is 384 g/mol. The number of thiocarbonyl (C=S) groups is 1.